The molecule has 7 heteroatoms. The van der Waals surface area contributed by atoms with Gasteiger partial charge in [0.05, 0.1) is 11.5 Å². The molecule has 0 aromatic heterocycles. The first-order valence-electron chi connectivity index (χ1n) is 8.05. The molecule has 0 saturated carbocycles. The molecule has 6 nitrogen and oxygen atoms in total. The molecule has 1 aliphatic heterocycles. The van der Waals surface area contributed by atoms with Crippen molar-refractivity contribution in [3.63, 3.8) is 0 Å². The van der Waals surface area contributed by atoms with E-state index in [0.717, 1.165) is 23.2 Å². The van der Waals surface area contributed by atoms with Crippen molar-refractivity contribution in [2.75, 3.05) is 23.4 Å². The van der Waals surface area contributed by atoms with Crippen LogP contribution in [-0.2, 0) is 30.6 Å². The highest BCUT2D eigenvalue weighted by Gasteiger charge is 2.30. The van der Waals surface area contributed by atoms with Gasteiger partial charge in [-0.2, -0.15) is 0 Å². The number of carbonyl (C=O) groups excluding carboxylic acids is 2. The fourth-order valence-electron chi connectivity index (χ4n) is 2.85. The molecule has 0 bridgehead atoms. The van der Waals surface area contributed by atoms with Crippen LogP contribution in [0, 0.1) is 12.8 Å². The van der Waals surface area contributed by atoms with Gasteiger partial charge in [-0.05, 0) is 36.8 Å². The quantitative estimate of drug-likeness (QED) is 0.789. The van der Waals surface area contributed by atoms with E-state index >= 15 is 0 Å². The zero-order chi connectivity index (χ0) is 17.7. The summed E-state index contributed by atoms with van der Waals surface area (Å²) in [5.74, 6) is -0.983. The number of hydrogen-bond acceptors (Lipinski definition) is 5. The van der Waals surface area contributed by atoms with Crippen molar-refractivity contribution >= 4 is 27.4 Å². The normalized spacial score (nSPS) is 19.0. The molecule has 0 unspecified atom stereocenters. The minimum Gasteiger partial charge on any atom is -0.456 e. The fourth-order valence-corrected chi connectivity index (χ4v) is 4.71. The Kier molecular flexibility index (Phi) is 5.99. The van der Waals surface area contributed by atoms with Gasteiger partial charge in [0.25, 0.3) is 5.91 Å². The van der Waals surface area contributed by atoms with E-state index in [-0.39, 0.29) is 30.5 Å². The van der Waals surface area contributed by atoms with Crippen LogP contribution in [0.5, 0.6) is 0 Å². The van der Waals surface area contributed by atoms with Gasteiger partial charge >= 0.3 is 5.97 Å². The highest BCUT2D eigenvalue weighted by atomic mass is 32.2. The van der Waals surface area contributed by atoms with Gasteiger partial charge < -0.3 is 10.1 Å². The predicted octanol–water partition coefficient (Wildman–Crippen LogP) is 1.86. The number of nitrogens with one attached hydrogen (secondary N) is 1. The number of hydrogen-bond donors (Lipinski definition) is 1. The van der Waals surface area contributed by atoms with E-state index < -0.39 is 21.7 Å². The van der Waals surface area contributed by atoms with Crippen LogP contribution in [0.4, 0.5) is 5.69 Å². The first-order valence-corrected chi connectivity index (χ1v) is 9.87. The summed E-state index contributed by atoms with van der Waals surface area (Å²) in [4.78, 5) is 23.8. The number of aryl methyl sites for hydroxylation is 2. The minimum absolute atomic E-state index is 0.0252. The maximum Gasteiger partial charge on any atom is 0.306 e. The molecule has 1 fully saturated rings. The molecule has 24 heavy (non-hydrogen) atoms. The summed E-state index contributed by atoms with van der Waals surface area (Å²) in [6.07, 6.45) is 1.30. The molecule has 1 heterocycles. The molecule has 2 rings (SSSR count). The third-order valence-corrected chi connectivity index (χ3v) is 5.99. The maximum absolute atomic E-state index is 12.0. The lowest BCUT2D eigenvalue weighted by Crippen LogP contribution is -2.23. The van der Waals surface area contributed by atoms with Crippen LogP contribution >= 0.6 is 0 Å². The number of rotatable bonds is 6. The number of sulfone groups is 1. The molecule has 1 aromatic rings. The first kappa shape index (κ1) is 18.4. The van der Waals surface area contributed by atoms with Crippen molar-refractivity contribution in [2.24, 2.45) is 5.92 Å². The fraction of sp³-hybridized carbons (Fsp3) is 0.529. The van der Waals surface area contributed by atoms with E-state index in [1.165, 1.54) is 0 Å². The van der Waals surface area contributed by atoms with E-state index in [4.69, 9.17) is 4.74 Å². The average Bonchev–Trinajstić information content (AvgIpc) is 2.86. The lowest BCUT2D eigenvalue weighted by atomic mass is 10.1. The van der Waals surface area contributed by atoms with Crippen LogP contribution in [0.2, 0.25) is 0 Å². The second-order valence-corrected chi connectivity index (χ2v) is 8.37. The molecule has 132 valence electrons. The summed E-state index contributed by atoms with van der Waals surface area (Å²) in [6, 6.07) is 5.77. The van der Waals surface area contributed by atoms with Crippen molar-refractivity contribution in [2.45, 2.75) is 33.1 Å². The first-order chi connectivity index (χ1) is 11.3. The van der Waals surface area contributed by atoms with Gasteiger partial charge in [0.2, 0.25) is 0 Å². The molecular formula is C17H23NO5S. The number of esters is 1. The molecule has 1 saturated heterocycles. The Hall–Kier alpha value is -1.89. The third-order valence-electron chi connectivity index (χ3n) is 4.15. The van der Waals surface area contributed by atoms with Crippen molar-refractivity contribution in [1.82, 2.24) is 0 Å². The van der Waals surface area contributed by atoms with Crippen molar-refractivity contribution < 1.29 is 22.7 Å². The molecule has 1 atom stereocenters. The summed E-state index contributed by atoms with van der Waals surface area (Å²) in [5.41, 5.74) is 2.72. The lowest BCUT2D eigenvalue weighted by Gasteiger charge is -2.13. The van der Waals surface area contributed by atoms with E-state index in [1.54, 1.807) is 0 Å². The molecule has 0 aliphatic carbocycles. The zero-order valence-corrected chi connectivity index (χ0v) is 14.8. The zero-order valence-electron chi connectivity index (χ0n) is 14.0. The Morgan fingerprint density at radius 1 is 1.33 bits per heavy atom. The van der Waals surface area contributed by atoms with Gasteiger partial charge in [-0.3, -0.25) is 9.59 Å². The predicted molar refractivity (Wildman–Crippen MR) is 91.5 cm³/mol. The second-order valence-electron chi connectivity index (χ2n) is 6.14. The molecule has 1 N–H and O–H groups in total. The number of anilines is 1. The third kappa shape index (κ3) is 5.06. The summed E-state index contributed by atoms with van der Waals surface area (Å²) in [7, 11) is -3.01. The van der Waals surface area contributed by atoms with E-state index in [1.807, 2.05) is 32.0 Å². The Morgan fingerprint density at radius 2 is 2.08 bits per heavy atom. The van der Waals surface area contributed by atoms with Crippen LogP contribution in [0.15, 0.2) is 18.2 Å². The average molecular weight is 353 g/mol. The van der Waals surface area contributed by atoms with Crippen LogP contribution in [0.3, 0.4) is 0 Å². The monoisotopic (exact) mass is 353 g/mol. The number of para-hydroxylation sites is 1. The van der Waals surface area contributed by atoms with Crippen LogP contribution < -0.4 is 5.32 Å². The van der Waals surface area contributed by atoms with Crippen LogP contribution in [0.25, 0.3) is 0 Å². The van der Waals surface area contributed by atoms with Gasteiger partial charge in [-0.25, -0.2) is 8.42 Å². The Morgan fingerprint density at radius 3 is 2.71 bits per heavy atom. The maximum atomic E-state index is 12.0. The Labute approximate surface area is 142 Å². The minimum atomic E-state index is -3.01. The highest BCUT2D eigenvalue weighted by Crippen LogP contribution is 2.22. The van der Waals surface area contributed by atoms with E-state index in [9.17, 15) is 18.0 Å². The van der Waals surface area contributed by atoms with E-state index in [2.05, 4.69) is 5.32 Å². The molecule has 1 aromatic carbocycles. The van der Waals surface area contributed by atoms with Gasteiger partial charge in [-0.1, -0.05) is 25.1 Å². The van der Waals surface area contributed by atoms with Gasteiger partial charge in [-0.15, -0.1) is 0 Å². The summed E-state index contributed by atoms with van der Waals surface area (Å²) < 4.78 is 27.7. The van der Waals surface area contributed by atoms with Crippen LogP contribution in [-0.4, -0.2) is 38.4 Å². The van der Waals surface area contributed by atoms with Crippen molar-refractivity contribution in [1.29, 1.82) is 0 Å². The largest absolute Gasteiger partial charge is 0.456 e. The number of amides is 1. The molecule has 0 radical (unpaired) electrons. The lowest BCUT2D eigenvalue weighted by molar-refractivity contribution is -0.148. The van der Waals surface area contributed by atoms with Crippen molar-refractivity contribution in [3.8, 4) is 0 Å². The number of benzene rings is 1. The van der Waals surface area contributed by atoms with Gasteiger partial charge in [0.15, 0.2) is 16.4 Å². The second kappa shape index (κ2) is 7.79. The summed E-state index contributed by atoms with van der Waals surface area (Å²) in [5, 5.41) is 2.78. The summed E-state index contributed by atoms with van der Waals surface area (Å²) in [6.45, 7) is 3.54. The van der Waals surface area contributed by atoms with Gasteiger partial charge in [0, 0.05) is 12.1 Å². The Balaban J connectivity index is 1.82. The number of ether oxygens (including phenoxy) is 1. The molecule has 0 spiro atoms. The Bertz CT molecular complexity index is 726. The molecule has 1 aliphatic rings. The topological polar surface area (TPSA) is 89.5 Å². The van der Waals surface area contributed by atoms with Crippen molar-refractivity contribution in [3.05, 3.63) is 29.3 Å². The van der Waals surface area contributed by atoms with Crippen LogP contribution in [0.1, 0.15) is 30.9 Å². The summed E-state index contributed by atoms with van der Waals surface area (Å²) >= 11 is 0. The number of carbonyl (C=O) groups is 2. The van der Waals surface area contributed by atoms with Gasteiger partial charge in [0.1, 0.15) is 0 Å². The highest BCUT2D eigenvalue weighted by molar-refractivity contribution is 7.91. The SMILES string of the molecule is CCc1cccc(C)c1NC(=O)COC(=O)C[C@H]1CCS(=O)(=O)C1. The van der Waals surface area contributed by atoms with E-state index in [0.29, 0.717) is 6.42 Å². The standard InChI is InChI=1S/C17H23NO5S/c1-3-14-6-4-5-12(2)17(14)18-15(19)10-23-16(20)9-13-7-8-24(21,22)11-13/h4-6,13H,3,7-11H2,1-2H3,(H,18,19)/t13-/m1/s1. The molecule has 1 amide bonds. The molecular weight excluding hydrogens is 330 g/mol. The smallest absolute Gasteiger partial charge is 0.306 e.